The molecule has 0 saturated heterocycles. The van der Waals surface area contributed by atoms with Gasteiger partial charge in [-0.15, -0.1) is 0 Å². The van der Waals surface area contributed by atoms with Gasteiger partial charge in [-0.25, -0.2) is 4.79 Å². The lowest BCUT2D eigenvalue weighted by atomic mass is 10.1. The Balaban J connectivity index is 1.69. The fourth-order valence-electron chi connectivity index (χ4n) is 3.46. The van der Waals surface area contributed by atoms with Crippen LogP contribution in [0, 0.1) is 15.9 Å². The summed E-state index contributed by atoms with van der Waals surface area (Å²) >= 11 is 0. The standard InChI is InChI=1S/C24H18FN3O5/c1-15(27-23(29)20(25)14-26-24(27)30)18-9-12-21(28(31)32)22(13-18)33-19-10-7-17(8-11-19)16-5-3-2-4-6-16/h2-15H,1H3,(H,26,30). The van der Waals surface area contributed by atoms with Gasteiger partial charge < -0.3 is 9.72 Å². The van der Waals surface area contributed by atoms with E-state index in [9.17, 15) is 24.1 Å². The average Bonchev–Trinajstić information content (AvgIpc) is 2.82. The van der Waals surface area contributed by atoms with E-state index in [2.05, 4.69) is 4.98 Å². The number of nitrogens with zero attached hydrogens (tertiary/aromatic N) is 2. The van der Waals surface area contributed by atoms with Crippen molar-refractivity contribution in [3.63, 3.8) is 0 Å². The molecule has 0 saturated carbocycles. The molecule has 0 aliphatic rings. The first kappa shape index (κ1) is 21.7. The minimum Gasteiger partial charge on any atom is -0.450 e. The molecule has 4 aromatic rings. The molecular formula is C24H18FN3O5. The minimum atomic E-state index is -1.11. The minimum absolute atomic E-state index is 0.0716. The molecule has 0 aliphatic heterocycles. The lowest BCUT2D eigenvalue weighted by molar-refractivity contribution is -0.385. The number of hydrogen-bond acceptors (Lipinski definition) is 5. The zero-order chi connectivity index (χ0) is 23.5. The van der Waals surface area contributed by atoms with Crippen LogP contribution in [-0.4, -0.2) is 14.5 Å². The second-order valence-corrected chi connectivity index (χ2v) is 7.27. The summed E-state index contributed by atoms with van der Waals surface area (Å²) in [4.78, 5) is 37.3. The molecular weight excluding hydrogens is 429 g/mol. The van der Waals surface area contributed by atoms with Crippen LogP contribution >= 0.6 is 0 Å². The molecule has 9 heteroatoms. The Labute approximate surface area is 186 Å². The molecule has 0 bridgehead atoms. The van der Waals surface area contributed by atoms with Crippen LogP contribution in [0.2, 0.25) is 0 Å². The van der Waals surface area contributed by atoms with Crippen molar-refractivity contribution < 1.29 is 14.1 Å². The molecule has 1 aromatic heterocycles. The summed E-state index contributed by atoms with van der Waals surface area (Å²) < 4.78 is 20.2. The van der Waals surface area contributed by atoms with E-state index in [0.29, 0.717) is 22.1 Å². The Kier molecular flexibility index (Phi) is 5.86. The zero-order valence-corrected chi connectivity index (χ0v) is 17.4. The average molecular weight is 447 g/mol. The molecule has 166 valence electrons. The molecule has 0 radical (unpaired) electrons. The number of aromatic nitrogens is 2. The van der Waals surface area contributed by atoms with Crippen LogP contribution < -0.4 is 16.0 Å². The summed E-state index contributed by atoms with van der Waals surface area (Å²) in [6.45, 7) is 1.51. The molecule has 33 heavy (non-hydrogen) atoms. The Bertz CT molecular complexity index is 1430. The summed E-state index contributed by atoms with van der Waals surface area (Å²) in [6.07, 6.45) is 0.692. The molecule has 1 N–H and O–H groups in total. The maximum absolute atomic E-state index is 13.7. The van der Waals surface area contributed by atoms with Crippen molar-refractivity contribution in [3.8, 4) is 22.6 Å². The van der Waals surface area contributed by atoms with Crippen molar-refractivity contribution in [3.05, 3.63) is 121 Å². The Morgan fingerprint density at radius 1 is 1.00 bits per heavy atom. The van der Waals surface area contributed by atoms with Crippen molar-refractivity contribution in [2.45, 2.75) is 13.0 Å². The van der Waals surface area contributed by atoms with Crippen LogP contribution in [-0.2, 0) is 0 Å². The number of aromatic amines is 1. The molecule has 1 atom stereocenters. The number of hydrogen-bond donors (Lipinski definition) is 1. The van der Waals surface area contributed by atoms with Crippen LogP contribution in [0.4, 0.5) is 10.1 Å². The highest BCUT2D eigenvalue weighted by Crippen LogP contribution is 2.35. The smallest absolute Gasteiger partial charge is 0.329 e. The number of ether oxygens (including phenoxy) is 1. The SMILES string of the molecule is CC(c1ccc([N+](=O)[O-])c(Oc2ccc(-c3ccccc3)cc2)c1)n1c(=O)[nH]cc(F)c1=O. The largest absolute Gasteiger partial charge is 0.450 e. The van der Waals surface area contributed by atoms with E-state index in [-0.39, 0.29) is 11.4 Å². The van der Waals surface area contributed by atoms with E-state index in [4.69, 9.17) is 4.74 Å². The second-order valence-electron chi connectivity index (χ2n) is 7.27. The molecule has 3 aromatic carbocycles. The van der Waals surface area contributed by atoms with E-state index in [1.807, 2.05) is 42.5 Å². The first-order valence-corrected chi connectivity index (χ1v) is 9.96. The molecule has 1 unspecified atom stereocenters. The maximum atomic E-state index is 13.7. The maximum Gasteiger partial charge on any atom is 0.329 e. The highest BCUT2D eigenvalue weighted by molar-refractivity contribution is 5.64. The van der Waals surface area contributed by atoms with Gasteiger partial charge in [0.2, 0.25) is 11.6 Å². The Hall–Kier alpha value is -4.53. The first-order valence-electron chi connectivity index (χ1n) is 9.96. The molecule has 0 aliphatic carbocycles. The van der Waals surface area contributed by atoms with Crippen LogP contribution in [0.25, 0.3) is 11.1 Å². The van der Waals surface area contributed by atoms with E-state index in [1.165, 1.54) is 25.1 Å². The van der Waals surface area contributed by atoms with Gasteiger partial charge in [0.25, 0.3) is 5.56 Å². The fourth-order valence-corrected chi connectivity index (χ4v) is 3.46. The number of nitro groups is 1. The van der Waals surface area contributed by atoms with Gasteiger partial charge >= 0.3 is 11.4 Å². The molecule has 4 rings (SSSR count). The van der Waals surface area contributed by atoms with Gasteiger partial charge in [-0.1, -0.05) is 42.5 Å². The van der Waals surface area contributed by atoms with Gasteiger partial charge in [0.1, 0.15) is 5.75 Å². The highest BCUT2D eigenvalue weighted by Gasteiger charge is 2.21. The quantitative estimate of drug-likeness (QED) is 0.342. The number of rotatable bonds is 6. The monoisotopic (exact) mass is 447 g/mol. The second kappa shape index (κ2) is 8.91. The first-order chi connectivity index (χ1) is 15.8. The van der Waals surface area contributed by atoms with Gasteiger partial charge in [0.05, 0.1) is 11.0 Å². The van der Waals surface area contributed by atoms with Crippen LogP contribution in [0.15, 0.2) is 88.6 Å². The van der Waals surface area contributed by atoms with Gasteiger partial charge in [0.15, 0.2) is 0 Å². The summed E-state index contributed by atoms with van der Waals surface area (Å²) in [6, 6.07) is 19.8. The number of benzene rings is 3. The normalized spacial score (nSPS) is 11.7. The fraction of sp³-hybridized carbons (Fsp3) is 0.0833. The number of halogens is 1. The van der Waals surface area contributed by atoms with Gasteiger partial charge in [-0.05, 0) is 47.9 Å². The van der Waals surface area contributed by atoms with Crippen molar-refractivity contribution >= 4 is 5.69 Å². The topological polar surface area (TPSA) is 107 Å². The lowest BCUT2D eigenvalue weighted by Crippen LogP contribution is -2.38. The van der Waals surface area contributed by atoms with Crippen LogP contribution in [0.5, 0.6) is 11.5 Å². The predicted molar refractivity (Wildman–Crippen MR) is 120 cm³/mol. The highest BCUT2D eigenvalue weighted by atomic mass is 19.1. The third-order valence-corrected chi connectivity index (χ3v) is 5.20. The van der Waals surface area contributed by atoms with E-state index >= 15 is 0 Å². The predicted octanol–water partition coefficient (Wildman–Crippen LogP) is 4.65. The Morgan fingerprint density at radius 2 is 1.67 bits per heavy atom. The van der Waals surface area contributed by atoms with Gasteiger partial charge in [-0.2, -0.15) is 4.39 Å². The van der Waals surface area contributed by atoms with E-state index in [0.717, 1.165) is 11.1 Å². The van der Waals surface area contributed by atoms with Crippen LogP contribution in [0.1, 0.15) is 18.5 Å². The van der Waals surface area contributed by atoms with Crippen LogP contribution in [0.3, 0.4) is 0 Å². The summed E-state index contributed by atoms with van der Waals surface area (Å²) in [5, 5.41) is 11.5. The van der Waals surface area contributed by atoms with Crippen molar-refractivity contribution in [1.82, 2.24) is 9.55 Å². The van der Waals surface area contributed by atoms with E-state index < -0.39 is 28.0 Å². The zero-order valence-electron chi connectivity index (χ0n) is 17.4. The molecule has 1 heterocycles. The summed E-state index contributed by atoms with van der Waals surface area (Å²) in [5.74, 6) is -0.820. The summed E-state index contributed by atoms with van der Waals surface area (Å²) in [7, 11) is 0. The Morgan fingerprint density at radius 3 is 2.33 bits per heavy atom. The summed E-state index contributed by atoms with van der Waals surface area (Å²) in [5.41, 5.74) is 0.129. The van der Waals surface area contributed by atoms with Crippen molar-refractivity contribution in [1.29, 1.82) is 0 Å². The number of H-pyrrole nitrogens is 1. The van der Waals surface area contributed by atoms with Gasteiger partial charge in [0, 0.05) is 12.3 Å². The van der Waals surface area contributed by atoms with Crippen molar-refractivity contribution in [2.24, 2.45) is 0 Å². The molecule has 0 spiro atoms. The third kappa shape index (κ3) is 4.42. The molecule has 0 fully saturated rings. The van der Waals surface area contributed by atoms with Gasteiger partial charge in [-0.3, -0.25) is 19.5 Å². The number of nitro benzene ring substituents is 1. The molecule has 8 nitrogen and oxygen atoms in total. The number of nitrogens with one attached hydrogen (secondary N) is 1. The molecule has 0 amide bonds. The van der Waals surface area contributed by atoms with E-state index in [1.54, 1.807) is 12.1 Å². The van der Waals surface area contributed by atoms with Crippen molar-refractivity contribution in [2.75, 3.05) is 0 Å². The third-order valence-electron chi connectivity index (χ3n) is 5.20. The lowest BCUT2D eigenvalue weighted by Gasteiger charge is -2.16.